The molecule has 0 aromatic carbocycles. The second-order valence-electron chi connectivity index (χ2n) is 6.49. The van der Waals surface area contributed by atoms with Gasteiger partial charge >= 0.3 is 0 Å². The van der Waals surface area contributed by atoms with Gasteiger partial charge in [-0.3, -0.25) is 9.69 Å². The number of piperidine rings is 1. The summed E-state index contributed by atoms with van der Waals surface area (Å²) in [6.45, 7) is 5.74. The van der Waals surface area contributed by atoms with E-state index in [0.717, 1.165) is 45.1 Å². The molecule has 0 aromatic rings. The monoisotopic (exact) mass is 268 g/mol. The molecule has 2 N–H and O–H groups in total. The Balaban J connectivity index is 1.87. The van der Waals surface area contributed by atoms with E-state index in [0.29, 0.717) is 12.6 Å². The number of nitrogens with one attached hydrogen (secondary N) is 1. The third kappa shape index (κ3) is 3.69. The summed E-state index contributed by atoms with van der Waals surface area (Å²) < 4.78 is 0. The Hall–Kier alpha value is -0.610. The van der Waals surface area contributed by atoms with Crippen LogP contribution in [0, 0.1) is 0 Å². The van der Waals surface area contributed by atoms with Gasteiger partial charge in [0.1, 0.15) is 0 Å². The number of nitrogens with zero attached hydrogens (tertiary/aromatic N) is 1. The smallest absolute Gasteiger partial charge is 0.237 e. The maximum atomic E-state index is 12.3. The summed E-state index contributed by atoms with van der Waals surface area (Å²) in [4.78, 5) is 14.6. The molecule has 1 aliphatic carbocycles. The largest absolute Gasteiger partial charge is 0.388 e. The summed E-state index contributed by atoms with van der Waals surface area (Å²) in [5.74, 6) is 0.105. The molecule has 1 unspecified atom stereocenters. The van der Waals surface area contributed by atoms with E-state index in [-0.39, 0.29) is 11.9 Å². The third-order valence-corrected chi connectivity index (χ3v) is 4.64. The topological polar surface area (TPSA) is 52.6 Å². The minimum atomic E-state index is -0.646. The molecule has 110 valence electrons. The van der Waals surface area contributed by atoms with Crippen LogP contribution in [0.25, 0.3) is 0 Å². The third-order valence-electron chi connectivity index (χ3n) is 4.64. The summed E-state index contributed by atoms with van der Waals surface area (Å²) in [6.07, 6.45) is 7.07. The fraction of sp³-hybridized carbons (Fsp3) is 0.933. The molecule has 1 aliphatic heterocycles. The van der Waals surface area contributed by atoms with Crippen molar-refractivity contribution < 1.29 is 9.90 Å². The van der Waals surface area contributed by atoms with Gasteiger partial charge < -0.3 is 10.4 Å². The van der Waals surface area contributed by atoms with Gasteiger partial charge in [0, 0.05) is 12.6 Å². The van der Waals surface area contributed by atoms with E-state index in [4.69, 9.17) is 0 Å². The van der Waals surface area contributed by atoms with E-state index in [1.807, 2.05) is 0 Å². The second-order valence-corrected chi connectivity index (χ2v) is 6.49. The number of likely N-dealkylation sites (tertiary alicyclic amines) is 1. The highest BCUT2D eigenvalue weighted by Crippen LogP contribution is 2.28. The highest BCUT2D eigenvalue weighted by molar-refractivity contribution is 5.81. The Bertz CT molecular complexity index is 311. The average molecular weight is 268 g/mol. The van der Waals surface area contributed by atoms with E-state index >= 15 is 0 Å². The van der Waals surface area contributed by atoms with Gasteiger partial charge in [-0.1, -0.05) is 19.3 Å². The summed E-state index contributed by atoms with van der Waals surface area (Å²) in [6, 6.07) is 0.407. The van der Waals surface area contributed by atoms with Crippen molar-refractivity contribution in [2.45, 2.75) is 76.5 Å². The highest BCUT2D eigenvalue weighted by Gasteiger charge is 2.34. The van der Waals surface area contributed by atoms with Crippen LogP contribution in [-0.2, 0) is 4.79 Å². The molecule has 0 aromatic heterocycles. The number of rotatable bonds is 4. The van der Waals surface area contributed by atoms with Crippen LogP contribution in [0.2, 0.25) is 0 Å². The molecule has 1 atom stereocenters. The number of amides is 1. The molecule has 2 rings (SSSR count). The molecular weight excluding hydrogens is 240 g/mol. The van der Waals surface area contributed by atoms with Crippen LogP contribution in [-0.4, -0.2) is 46.7 Å². The Morgan fingerprint density at radius 3 is 2.63 bits per heavy atom. The Labute approximate surface area is 116 Å². The van der Waals surface area contributed by atoms with E-state index < -0.39 is 5.60 Å². The van der Waals surface area contributed by atoms with Crippen LogP contribution in [0.15, 0.2) is 0 Å². The highest BCUT2D eigenvalue weighted by atomic mass is 16.3. The number of carbonyl (C=O) groups excluding carboxylic acids is 1. The lowest BCUT2D eigenvalue weighted by Gasteiger charge is -2.38. The molecular formula is C15H28N2O2. The van der Waals surface area contributed by atoms with Gasteiger partial charge in [0.25, 0.3) is 0 Å². The number of hydrogen-bond acceptors (Lipinski definition) is 3. The number of aliphatic hydroxyl groups is 1. The first-order valence-corrected chi connectivity index (χ1v) is 7.78. The van der Waals surface area contributed by atoms with Gasteiger partial charge in [-0.15, -0.1) is 0 Å². The van der Waals surface area contributed by atoms with Crippen molar-refractivity contribution in [2.75, 3.05) is 13.1 Å². The van der Waals surface area contributed by atoms with Crippen molar-refractivity contribution in [1.29, 1.82) is 0 Å². The molecule has 4 nitrogen and oxygen atoms in total. The zero-order valence-electron chi connectivity index (χ0n) is 12.3. The van der Waals surface area contributed by atoms with Gasteiger partial charge in [-0.2, -0.15) is 0 Å². The Morgan fingerprint density at radius 2 is 2.00 bits per heavy atom. The maximum Gasteiger partial charge on any atom is 0.237 e. The first-order valence-electron chi connectivity index (χ1n) is 7.78. The average Bonchev–Trinajstić information content (AvgIpc) is 2.83. The second kappa shape index (κ2) is 6.23. The van der Waals surface area contributed by atoms with E-state index in [1.165, 1.54) is 6.42 Å². The number of hydrogen-bond donors (Lipinski definition) is 2. The Morgan fingerprint density at radius 1 is 1.32 bits per heavy atom. The summed E-state index contributed by atoms with van der Waals surface area (Å²) in [5.41, 5.74) is -0.646. The summed E-state index contributed by atoms with van der Waals surface area (Å²) in [5, 5.41) is 13.3. The summed E-state index contributed by atoms with van der Waals surface area (Å²) in [7, 11) is 0. The molecule has 0 bridgehead atoms. The quantitative estimate of drug-likeness (QED) is 0.815. The number of carbonyl (C=O) groups is 1. The van der Waals surface area contributed by atoms with Gasteiger partial charge in [0.2, 0.25) is 5.91 Å². The zero-order chi connectivity index (χ0) is 13.9. The van der Waals surface area contributed by atoms with Crippen LogP contribution in [0.1, 0.15) is 58.8 Å². The van der Waals surface area contributed by atoms with Gasteiger partial charge in [-0.05, 0) is 46.1 Å². The molecule has 19 heavy (non-hydrogen) atoms. The van der Waals surface area contributed by atoms with Crippen molar-refractivity contribution in [3.05, 3.63) is 0 Å². The molecule has 2 aliphatic rings. The lowest BCUT2D eigenvalue weighted by atomic mass is 9.98. The molecule has 0 spiro atoms. The summed E-state index contributed by atoms with van der Waals surface area (Å²) >= 11 is 0. The molecule has 0 radical (unpaired) electrons. The van der Waals surface area contributed by atoms with Crippen LogP contribution in [0.3, 0.4) is 0 Å². The minimum Gasteiger partial charge on any atom is -0.388 e. The zero-order valence-corrected chi connectivity index (χ0v) is 12.3. The first kappa shape index (κ1) is 14.8. The molecule has 2 fully saturated rings. The lowest BCUT2D eigenvalue weighted by molar-refractivity contribution is -0.129. The van der Waals surface area contributed by atoms with Gasteiger partial charge in [0.15, 0.2) is 0 Å². The predicted molar refractivity (Wildman–Crippen MR) is 75.9 cm³/mol. The van der Waals surface area contributed by atoms with Crippen LogP contribution < -0.4 is 5.32 Å². The van der Waals surface area contributed by atoms with Crippen LogP contribution in [0.5, 0.6) is 0 Å². The maximum absolute atomic E-state index is 12.3. The molecule has 4 heteroatoms. The van der Waals surface area contributed by atoms with Gasteiger partial charge in [-0.25, -0.2) is 0 Å². The van der Waals surface area contributed by atoms with Crippen LogP contribution >= 0.6 is 0 Å². The van der Waals surface area contributed by atoms with Crippen LogP contribution in [0.4, 0.5) is 0 Å². The van der Waals surface area contributed by atoms with Crippen molar-refractivity contribution in [3.63, 3.8) is 0 Å². The van der Waals surface area contributed by atoms with E-state index in [9.17, 15) is 9.90 Å². The fourth-order valence-corrected chi connectivity index (χ4v) is 3.43. The molecule has 1 heterocycles. The van der Waals surface area contributed by atoms with E-state index in [2.05, 4.69) is 24.1 Å². The van der Waals surface area contributed by atoms with Crippen molar-refractivity contribution in [1.82, 2.24) is 10.2 Å². The van der Waals surface area contributed by atoms with Crippen molar-refractivity contribution >= 4 is 5.91 Å². The molecule has 1 saturated carbocycles. The van der Waals surface area contributed by atoms with E-state index in [1.54, 1.807) is 0 Å². The molecule has 1 saturated heterocycles. The fourth-order valence-electron chi connectivity index (χ4n) is 3.43. The van der Waals surface area contributed by atoms with Crippen molar-refractivity contribution in [2.24, 2.45) is 0 Å². The lowest BCUT2D eigenvalue weighted by Crippen LogP contribution is -2.54. The normalized spacial score (nSPS) is 27.7. The standard InChI is InChI=1S/C15H28N2O2/c1-12(2)17-10-6-3-7-13(17)14(18)16-11-15(19)8-4-5-9-15/h12-13,19H,3-11H2,1-2H3,(H,16,18). The van der Waals surface area contributed by atoms with Crippen molar-refractivity contribution in [3.8, 4) is 0 Å². The first-order chi connectivity index (χ1) is 9.02. The van der Waals surface area contributed by atoms with Gasteiger partial charge in [0.05, 0.1) is 11.6 Å². The molecule has 1 amide bonds. The predicted octanol–water partition coefficient (Wildman–Crippen LogP) is 1.67. The Kier molecular flexibility index (Phi) is 4.85. The SMILES string of the molecule is CC(C)N1CCCCC1C(=O)NCC1(O)CCCC1. The minimum absolute atomic E-state index is 0.00115.